The first-order valence-corrected chi connectivity index (χ1v) is 7.18. The van der Waals surface area contributed by atoms with Crippen molar-refractivity contribution in [1.82, 2.24) is 4.98 Å². The summed E-state index contributed by atoms with van der Waals surface area (Å²) in [5.41, 5.74) is 0.453. The minimum absolute atomic E-state index is 0.0205. The van der Waals surface area contributed by atoms with Crippen LogP contribution in [0.1, 0.15) is 18.4 Å². The zero-order valence-electron chi connectivity index (χ0n) is 12.4. The molecule has 0 spiro atoms. The number of anilines is 1. The molecule has 118 valence electrons. The summed E-state index contributed by atoms with van der Waals surface area (Å²) in [6, 6.07) is 5.79. The first-order valence-electron chi connectivity index (χ1n) is 7.18. The van der Waals surface area contributed by atoms with E-state index in [1.165, 1.54) is 25.3 Å². The van der Waals surface area contributed by atoms with Crippen molar-refractivity contribution in [1.29, 1.82) is 0 Å². The van der Waals surface area contributed by atoms with Crippen molar-refractivity contribution < 1.29 is 14.1 Å². The van der Waals surface area contributed by atoms with Gasteiger partial charge in [-0.3, -0.25) is 14.9 Å². The monoisotopic (exact) mass is 315 g/mol. The lowest BCUT2D eigenvalue weighted by Crippen LogP contribution is -2.14. The number of hydrogen-bond donors (Lipinski definition) is 1. The molecule has 0 unspecified atom stereocenters. The Morgan fingerprint density at radius 1 is 1.39 bits per heavy atom. The van der Waals surface area contributed by atoms with E-state index in [0.29, 0.717) is 11.4 Å². The minimum atomic E-state index is -0.648. The van der Waals surface area contributed by atoms with Gasteiger partial charge in [-0.25, -0.2) is 9.37 Å². The molecule has 0 radical (unpaired) electrons. The highest BCUT2D eigenvalue weighted by Gasteiger charge is 2.29. The molecule has 1 fully saturated rings. The lowest BCUT2D eigenvalue weighted by atomic mass is 10.0. The summed E-state index contributed by atoms with van der Waals surface area (Å²) in [4.78, 5) is 26.0. The van der Waals surface area contributed by atoms with Crippen molar-refractivity contribution in [3.8, 4) is 11.1 Å². The van der Waals surface area contributed by atoms with Gasteiger partial charge in [0.15, 0.2) is 0 Å². The molecular formula is C16H14FN3O3. The summed E-state index contributed by atoms with van der Waals surface area (Å²) in [7, 11) is 0. The Kier molecular flexibility index (Phi) is 3.77. The van der Waals surface area contributed by atoms with E-state index in [2.05, 4.69) is 10.3 Å². The van der Waals surface area contributed by atoms with E-state index in [1.807, 2.05) is 0 Å². The molecule has 3 rings (SSSR count). The van der Waals surface area contributed by atoms with Gasteiger partial charge in [-0.15, -0.1) is 0 Å². The number of carbonyl (C=O) groups excluding carboxylic acids is 1. The molecule has 1 aromatic carbocycles. The highest BCUT2D eigenvalue weighted by atomic mass is 19.1. The summed E-state index contributed by atoms with van der Waals surface area (Å²) >= 11 is 0. The molecule has 1 N–H and O–H groups in total. The molecule has 6 nitrogen and oxygen atoms in total. The van der Waals surface area contributed by atoms with Crippen molar-refractivity contribution >= 4 is 17.4 Å². The van der Waals surface area contributed by atoms with E-state index in [1.54, 1.807) is 12.1 Å². The zero-order valence-corrected chi connectivity index (χ0v) is 12.4. The molecule has 0 bridgehead atoms. The number of nitro benzene ring substituents is 1. The summed E-state index contributed by atoms with van der Waals surface area (Å²) in [6.45, 7) is 1.37. The van der Waals surface area contributed by atoms with E-state index in [9.17, 15) is 19.3 Å². The van der Waals surface area contributed by atoms with Crippen LogP contribution in [0.3, 0.4) is 0 Å². The first kappa shape index (κ1) is 15.1. The van der Waals surface area contributed by atoms with Gasteiger partial charge >= 0.3 is 0 Å². The van der Waals surface area contributed by atoms with Crippen LogP contribution in [-0.4, -0.2) is 15.8 Å². The van der Waals surface area contributed by atoms with Gasteiger partial charge in [0, 0.05) is 23.7 Å². The Morgan fingerprint density at radius 3 is 2.78 bits per heavy atom. The van der Waals surface area contributed by atoms with Crippen LogP contribution in [0, 0.1) is 28.8 Å². The Bertz CT molecular complexity index is 803. The van der Waals surface area contributed by atoms with Crippen molar-refractivity contribution in [3.05, 3.63) is 52.0 Å². The number of hydrogen-bond acceptors (Lipinski definition) is 4. The maximum absolute atomic E-state index is 14.4. The van der Waals surface area contributed by atoms with Crippen LogP contribution in [0.4, 0.5) is 15.9 Å². The van der Waals surface area contributed by atoms with E-state index in [4.69, 9.17) is 0 Å². The number of aromatic nitrogens is 1. The Morgan fingerprint density at radius 2 is 2.13 bits per heavy atom. The molecule has 1 aliphatic rings. The van der Waals surface area contributed by atoms with E-state index >= 15 is 0 Å². The molecule has 1 saturated carbocycles. The number of halogens is 1. The van der Waals surface area contributed by atoms with Gasteiger partial charge in [-0.2, -0.15) is 0 Å². The van der Waals surface area contributed by atoms with Gasteiger partial charge in [0.1, 0.15) is 11.6 Å². The Hall–Kier alpha value is -2.83. The molecule has 1 amide bonds. The molecule has 1 heterocycles. The van der Waals surface area contributed by atoms with Crippen LogP contribution in [0.2, 0.25) is 0 Å². The summed E-state index contributed by atoms with van der Waals surface area (Å²) in [6.07, 6.45) is 3.22. The minimum Gasteiger partial charge on any atom is -0.310 e. The third-order valence-electron chi connectivity index (χ3n) is 3.82. The van der Waals surface area contributed by atoms with Crippen LogP contribution in [0.15, 0.2) is 30.5 Å². The van der Waals surface area contributed by atoms with Gasteiger partial charge in [-0.1, -0.05) is 0 Å². The molecule has 1 aliphatic carbocycles. The Balaban J connectivity index is 1.94. The molecule has 0 saturated heterocycles. The van der Waals surface area contributed by atoms with Crippen LogP contribution >= 0.6 is 0 Å². The first-order chi connectivity index (χ1) is 11.0. The number of rotatable bonds is 4. The number of benzene rings is 1. The number of pyridine rings is 1. The second-order valence-corrected chi connectivity index (χ2v) is 5.52. The average Bonchev–Trinajstić information content (AvgIpc) is 3.34. The van der Waals surface area contributed by atoms with Crippen molar-refractivity contribution in [2.24, 2.45) is 5.92 Å². The SMILES string of the molecule is Cc1c([N+](=O)[O-])ccc(-c2ccnc(NC(=O)C3CC3)c2)c1F. The lowest BCUT2D eigenvalue weighted by Gasteiger charge is -2.09. The highest BCUT2D eigenvalue weighted by molar-refractivity contribution is 5.93. The average molecular weight is 315 g/mol. The van der Waals surface area contributed by atoms with Crippen molar-refractivity contribution in [3.63, 3.8) is 0 Å². The van der Waals surface area contributed by atoms with E-state index in [-0.39, 0.29) is 28.6 Å². The van der Waals surface area contributed by atoms with Gasteiger partial charge in [0.05, 0.1) is 10.5 Å². The number of amides is 1. The fourth-order valence-electron chi connectivity index (χ4n) is 2.34. The van der Waals surface area contributed by atoms with Crippen LogP contribution in [-0.2, 0) is 4.79 Å². The number of carbonyl (C=O) groups is 1. The predicted molar refractivity (Wildman–Crippen MR) is 82.4 cm³/mol. The molecule has 0 aliphatic heterocycles. The van der Waals surface area contributed by atoms with Crippen LogP contribution < -0.4 is 5.32 Å². The van der Waals surface area contributed by atoms with Crippen molar-refractivity contribution in [2.45, 2.75) is 19.8 Å². The molecule has 2 aromatic rings. The maximum atomic E-state index is 14.4. The van der Waals surface area contributed by atoms with E-state index in [0.717, 1.165) is 12.8 Å². The summed E-state index contributed by atoms with van der Waals surface area (Å²) in [5.74, 6) is -0.353. The molecular weight excluding hydrogens is 301 g/mol. The Labute approximate surface area is 131 Å². The van der Waals surface area contributed by atoms with E-state index < -0.39 is 10.7 Å². The lowest BCUT2D eigenvalue weighted by molar-refractivity contribution is -0.385. The number of nitrogens with one attached hydrogen (secondary N) is 1. The molecule has 23 heavy (non-hydrogen) atoms. The second kappa shape index (κ2) is 5.75. The highest BCUT2D eigenvalue weighted by Crippen LogP contribution is 2.32. The third-order valence-corrected chi connectivity index (χ3v) is 3.82. The molecule has 1 aromatic heterocycles. The summed E-state index contributed by atoms with van der Waals surface area (Å²) < 4.78 is 14.4. The maximum Gasteiger partial charge on any atom is 0.275 e. The van der Waals surface area contributed by atoms with Crippen LogP contribution in [0.5, 0.6) is 0 Å². The van der Waals surface area contributed by atoms with Gasteiger partial charge in [0.25, 0.3) is 5.69 Å². The van der Waals surface area contributed by atoms with Gasteiger partial charge < -0.3 is 5.32 Å². The molecule has 7 heteroatoms. The third kappa shape index (κ3) is 3.03. The largest absolute Gasteiger partial charge is 0.310 e. The summed E-state index contributed by atoms with van der Waals surface area (Å²) in [5, 5.41) is 13.5. The standard InChI is InChI=1S/C16H14FN3O3/c1-9-13(20(22)23)5-4-12(15(9)17)11-6-7-18-14(8-11)19-16(21)10-2-3-10/h4-8,10H,2-3H2,1H3,(H,18,19,21). The quantitative estimate of drug-likeness (QED) is 0.691. The van der Waals surface area contributed by atoms with Gasteiger partial charge in [0.2, 0.25) is 5.91 Å². The fourth-order valence-corrected chi connectivity index (χ4v) is 2.34. The second-order valence-electron chi connectivity index (χ2n) is 5.52. The smallest absolute Gasteiger partial charge is 0.275 e. The van der Waals surface area contributed by atoms with Crippen LogP contribution in [0.25, 0.3) is 11.1 Å². The van der Waals surface area contributed by atoms with Gasteiger partial charge in [-0.05, 0) is 43.5 Å². The predicted octanol–water partition coefficient (Wildman–Crippen LogP) is 3.45. The number of nitrogens with zero attached hydrogens (tertiary/aromatic N) is 2. The normalized spacial score (nSPS) is 13.7. The zero-order chi connectivity index (χ0) is 16.6. The number of nitro groups is 1. The molecule has 0 atom stereocenters. The fraction of sp³-hybridized carbons (Fsp3) is 0.250. The van der Waals surface area contributed by atoms with Crippen molar-refractivity contribution in [2.75, 3.05) is 5.32 Å². The topological polar surface area (TPSA) is 85.1 Å².